The Balaban J connectivity index is 2.27. The van der Waals surface area contributed by atoms with Crippen LogP contribution >= 0.6 is 0 Å². The molecule has 0 unspecified atom stereocenters. The highest BCUT2D eigenvalue weighted by Crippen LogP contribution is 2.16. The number of hydrogen-bond acceptors (Lipinski definition) is 4. The molecule has 0 aliphatic heterocycles. The van der Waals surface area contributed by atoms with E-state index >= 15 is 0 Å². The van der Waals surface area contributed by atoms with Crippen LogP contribution in [0.25, 0.3) is 0 Å². The molecule has 102 valence electrons. The average molecular weight is 277 g/mol. The van der Waals surface area contributed by atoms with Crippen molar-refractivity contribution in [2.75, 3.05) is 5.32 Å². The van der Waals surface area contributed by atoms with Crippen LogP contribution in [0.2, 0.25) is 0 Å². The Bertz CT molecular complexity index is 721. The predicted molar refractivity (Wildman–Crippen MR) is 66.2 cm³/mol. The van der Waals surface area contributed by atoms with Gasteiger partial charge in [-0.05, 0) is 24.3 Å². The summed E-state index contributed by atoms with van der Waals surface area (Å²) in [5, 5.41) is 16.5. The molecule has 2 aromatic rings. The molecule has 0 atom stereocenters. The van der Waals surface area contributed by atoms with Gasteiger partial charge in [-0.3, -0.25) is 9.59 Å². The number of nitrogens with zero attached hydrogens (tertiary/aromatic N) is 1. The standard InChI is InChI=1S/C12H8FN3O4/c13-7-2-1-6(12(19)20)5-9(7)14-11(18)8-3-4-10(17)16-15-8/h1-5H,(H,14,18)(H,16,17)(H,19,20). The number of H-pyrrole nitrogens is 1. The minimum atomic E-state index is -1.25. The number of carboxylic acid groups (broad SMARTS) is 1. The maximum atomic E-state index is 13.5. The number of aromatic nitrogens is 2. The van der Waals surface area contributed by atoms with Gasteiger partial charge in [0.1, 0.15) is 11.5 Å². The van der Waals surface area contributed by atoms with Gasteiger partial charge in [-0.1, -0.05) is 0 Å². The molecule has 0 radical (unpaired) electrons. The van der Waals surface area contributed by atoms with Crippen molar-refractivity contribution in [2.45, 2.75) is 0 Å². The Morgan fingerprint density at radius 3 is 2.60 bits per heavy atom. The first kappa shape index (κ1) is 13.4. The van der Waals surface area contributed by atoms with Crippen LogP contribution in [-0.2, 0) is 0 Å². The van der Waals surface area contributed by atoms with Crippen LogP contribution in [-0.4, -0.2) is 27.2 Å². The van der Waals surface area contributed by atoms with E-state index in [-0.39, 0.29) is 16.9 Å². The Hall–Kier alpha value is -3.03. The molecule has 0 fully saturated rings. The molecule has 3 N–H and O–H groups in total. The fraction of sp³-hybridized carbons (Fsp3) is 0. The van der Waals surface area contributed by atoms with Crippen molar-refractivity contribution in [3.63, 3.8) is 0 Å². The molecule has 1 amide bonds. The van der Waals surface area contributed by atoms with Gasteiger partial charge in [-0.15, -0.1) is 0 Å². The lowest BCUT2D eigenvalue weighted by atomic mass is 10.2. The van der Waals surface area contributed by atoms with E-state index in [4.69, 9.17) is 5.11 Å². The molecule has 0 spiro atoms. The molecule has 0 aliphatic rings. The highest BCUT2D eigenvalue weighted by molar-refractivity contribution is 6.03. The lowest BCUT2D eigenvalue weighted by Gasteiger charge is -2.06. The third-order valence-corrected chi connectivity index (χ3v) is 2.37. The van der Waals surface area contributed by atoms with Gasteiger partial charge in [0.15, 0.2) is 0 Å². The zero-order valence-corrected chi connectivity index (χ0v) is 9.88. The largest absolute Gasteiger partial charge is 0.478 e. The number of rotatable bonds is 3. The van der Waals surface area contributed by atoms with E-state index in [2.05, 4.69) is 15.5 Å². The van der Waals surface area contributed by atoms with Crippen LogP contribution < -0.4 is 10.9 Å². The molecule has 0 bridgehead atoms. The summed E-state index contributed by atoms with van der Waals surface area (Å²) < 4.78 is 13.5. The third-order valence-electron chi connectivity index (χ3n) is 2.37. The van der Waals surface area contributed by atoms with Gasteiger partial charge >= 0.3 is 5.97 Å². The second-order valence-corrected chi connectivity index (χ2v) is 3.76. The lowest BCUT2D eigenvalue weighted by Crippen LogP contribution is -2.18. The predicted octanol–water partition coefficient (Wildman–Crippen LogP) is 0.859. The molecule has 7 nitrogen and oxygen atoms in total. The van der Waals surface area contributed by atoms with Gasteiger partial charge in [0.2, 0.25) is 0 Å². The summed E-state index contributed by atoms with van der Waals surface area (Å²) >= 11 is 0. The van der Waals surface area contributed by atoms with Gasteiger partial charge in [0.25, 0.3) is 11.5 Å². The SMILES string of the molecule is O=C(O)c1ccc(F)c(NC(=O)c2ccc(=O)[nH]n2)c1. The molecule has 1 heterocycles. The van der Waals surface area contributed by atoms with Crippen LogP contribution in [0.4, 0.5) is 10.1 Å². The summed E-state index contributed by atoms with van der Waals surface area (Å²) in [7, 11) is 0. The second-order valence-electron chi connectivity index (χ2n) is 3.76. The highest BCUT2D eigenvalue weighted by Gasteiger charge is 2.13. The first-order chi connectivity index (χ1) is 9.47. The van der Waals surface area contributed by atoms with E-state index in [1.54, 1.807) is 0 Å². The lowest BCUT2D eigenvalue weighted by molar-refractivity contribution is 0.0696. The van der Waals surface area contributed by atoms with Gasteiger partial charge in [0.05, 0.1) is 11.3 Å². The maximum Gasteiger partial charge on any atom is 0.335 e. The van der Waals surface area contributed by atoms with E-state index in [1.165, 1.54) is 0 Å². The summed E-state index contributed by atoms with van der Waals surface area (Å²) in [5.74, 6) is -2.81. The minimum absolute atomic E-state index is 0.135. The van der Waals surface area contributed by atoms with Crippen LogP contribution in [0.1, 0.15) is 20.8 Å². The third kappa shape index (κ3) is 2.86. The van der Waals surface area contributed by atoms with E-state index < -0.39 is 23.3 Å². The van der Waals surface area contributed by atoms with Crippen LogP contribution in [0.15, 0.2) is 35.1 Å². The fourth-order valence-corrected chi connectivity index (χ4v) is 1.41. The molecule has 0 saturated carbocycles. The first-order valence-corrected chi connectivity index (χ1v) is 5.37. The van der Waals surface area contributed by atoms with Crippen LogP contribution in [0, 0.1) is 5.82 Å². The number of aromatic amines is 1. The zero-order chi connectivity index (χ0) is 14.7. The number of carbonyl (C=O) groups is 2. The number of aromatic carboxylic acids is 1. The van der Waals surface area contributed by atoms with Crippen molar-refractivity contribution < 1.29 is 19.1 Å². The Kier molecular flexibility index (Phi) is 3.56. The number of nitrogens with one attached hydrogen (secondary N) is 2. The summed E-state index contributed by atoms with van der Waals surface area (Å²) in [6.07, 6.45) is 0. The van der Waals surface area contributed by atoms with Gasteiger partial charge in [-0.25, -0.2) is 14.3 Å². The van der Waals surface area contributed by atoms with Crippen molar-refractivity contribution in [3.8, 4) is 0 Å². The number of halogens is 1. The van der Waals surface area contributed by atoms with E-state index in [0.717, 1.165) is 30.3 Å². The number of anilines is 1. The molecular weight excluding hydrogens is 269 g/mol. The van der Waals surface area contributed by atoms with E-state index in [9.17, 15) is 18.8 Å². The average Bonchev–Trinajstić information content (AvgIpc) is 2.41. The maximum absolute atomic E-state index is 13.5. The Morgan fingerprint density at radius 2 is 2.00 bits per heavy atom. The van der Waals surface area contributed by atoms with Gasteiger partial charge < -0.3 is 10.4 Å². The molecule has 2 rings (SSSR count). The Morgan fingerprint density at radius 1 is 1.25 bits per heavy atom. The monoisotopic (exact) mass is 277 g/mol. The smallest absolute Gasteiger partial charge is 0.335 e. The van der Waals surface area contributed by atoms with Crippen molar-refractivity contribution in [3.05, 3.63) is 57.8 Å². The fourth-order valence-electron chi connectivity index (χ4n) is 1.41. The summed E-state index contributed by atoms with van der Waals surface area (Å²) in [4.78, 5) is 33.3. The number of carboxylic acids is 1. The van der Waals surface area contributed by atoms with Crippen molar-refractivity contribution in [2.24, 2.45) is 0 Å². The van der Waals surface area contributed by atoms with Crippen LogP contribution in [0.5, 0.6) is 0 Å². The summed E-state index contributed by atoms with van der Waals surface area (Å²) in [6.45, 7) is 0. The quantitative estimate of drug-likeness (QED) is 0.770. The summed E-state index contributed by atoms with van der Waals surface area (Å²) in [5.41, 5.74) is -1.08. The molecule has 8 heteroatoms. The van der Waals surface area contributed by atoms with Gasteiger partial charge in [-0.2, -0.15) is 5.10 Å². The van der Waals surface area contributed by atoms with Crippen molar-refractivity contribution in [1.82, 2.24) is 10.2 Å². The molecule has 1 aromatic carbocycles. The number of benzene rings is 1. The van der Waals surface area contributed by atoms with Crippen LogP contribution in [0.3, 0.4) is 0 Å². The number of carbonyl (C=O) groups excluding carboxylic acids is 1. The molecule has 1 aromatic heterocycles. The van der Waals surface area contributed by atoms with E-state index in [1.807, 2.05) is 0 Å². The Labute approximate surface area is 111 Å². The second kappa shape index (κ2) is 5.31. The number of amides is 1. The normalized spacial score (nSPS) is 10.1. The minimum Gasteiger partial charge on any atom is -0.478 e. The topological polar surface area (TPSA) is 112 Å². The molecule has 0 saturated heterocycles. The van der Waals surface area contributed by atoms with E-state index in [0.29, 0.717) is 0 Å². The first-order valence-electron chi connectivity index (χ1n) is 5.37. The molecular formula is C12H8FN3O4. The van der Waals surface area contributed by atoms with Crippen molar-refractivity contribution >= 4 is 17.6 Å². The molecule has 20 heavy (non-hydrogen) atoms. The van der Waals surface area contributed by atoms with Crippen molar-refractivity contribution in [1.29, 1.82) is 0 Å². The molecule has 0 aliphatic carbocycles. The zero-order valence-electron chi connectivity index (χ0n) is 9.88. The highest BCUT2D eigenvalue weighted by atomic mass is 19.1. The van der Waals surface area contributed by atoms with Gasteiger partial charge in [0, 0.05) is 6.07 Å². The number of hydrogen-bond donors (Lipinski definition) is 3. The summed E-state index contributed by atoms with van der Waals surface area (Å²) in [6, 6.07) is 5.24.